The van der Waals surface area contributed by atoms with Crippen molar-refractivity contribution in [2.75, 3.05) is 26.2 Å². The minimum Gasteiger partial charge on any atom is -0.348 e. The molecule has 4 heteroatoms. The molecule has 148 valence electrons. The van der Waals surface area contributed by atoms with Crippen molar-refractivity contribution in [2.45, 2.75) is 44.8 Å². The Balaban J connectivity index is 1.25. The van der Waals surface area contributed by atoms with E-state index < -0.39 is 0 Å². The summed E-state index contributed by atoms with van der Waals surface area (Å²) in [5.74, 6) is 0.0519. The highest BCUT2D eigenvalue weighted by Gasteiger charge is 2.24. The lowest BCUT2D eigenvalue weighted by molar-refractivity contribution is 0.0937. The summed E-state index contributed by atoms with van der Waals surface area (Å²) in [7, 11) is 0. The molecule has 2 fully saturated rings. The minimum absolute atomic E-state index is 0.0519. The number of amides is 1. The Morgan fingerprint density at radius 3 is 2.25 bits per heavy atom. The number of rotatable bonds is 6. The van der Waals surface area contributed by atoms with Gasteiger partial charge in [-0.25, -0.2) is 0 Å². The van der Waals surface area contributed by atoms with Crippen molar-refractivity contribution in [2.24, 2.45) is 0 Å². The van der Waals surface area contributed by atoms with Crippen LogP contribution >= 0.6 is 0 Å². The van der Waals surface area contributed by atoms with Crippen molar-refractivity contribution in [3.05, 3.63) is 71.3 Å². The van der Waals surface area contributed by atoms with Gasteiger partial charge in [0.05, 0.1) is 0 Å². The molecule has 28 heavy (non-hydrogen) atoms. The maximum atomic E-state index is 12.6. The number of hydrogen-bond acceptors (Lipinski definition) is 3. The summed E-state index contributed by atoms with van der Waals surface area (Å²) in [5, 5.41) is 3.22. The van der Waals surface area contributed by atoms with E-state index >= 15 is 0 Å². The molecule has 0 saturated carbocycles. The van der Waals surface area contributed by atoms with Gasteiger partial charge in [-0.1, -0.05) is 48.9 Å². The quantitative estimate of drug-likeness (QED) is 0.834. The molecule has 1 unspecified atom stereocenters. The van der Waals surface area contributed by atoms with E-state index in [1.807, 2.05) is 18.2 Å². The highest BCUT2D eigenvalue weighted by atomic mass is 16.1. The predicted molar refractivity (Wildman–Crippen MR) is 113 cm³/mol. The highest BCUT2D eigenvalue weighted by Crippen LogP contribution is 2.16. The van der Waals surface area contributed by atoms with Gasteiger partial charge in [0.15, 0.2) is 0 Å². The van der Waals surface area contributed by atoms with Crippen molar-refractivity contribution >= 4 is 5.91 Å². The molecular weight excluding hydrogens is 346 g/mol. The molecule has 4 nitrogen and oxygen atoms in total. The van der Waals surface area contributed by atoms with Gasteiger partial charge in [-0.2, -0.15) is 0 Å². The van der Waals surface area contributed by atoms with Crippen LogP contribution in [-0.4, -0.2) is 47.9 Å². The van der Waals surface area contributed by atoms with Crippen LogP contribution in [0.4, 0.5) is 0 Å². The van der Waals surface area contributed by atoms with Gasteiger partial charge in [0, 0.05) is 37.8 Å². The zero-order valence-electron chi connectivity index (χ0n) is 16.6. The van der Waals surface area contributed by atoms with Gasteiger partial charge in [-0.15, -0.1) is 0 Å². The fourth-order valence-electron chi connectivity index (χ4n) is 4.34. The molecule has 2 aromatic carbocycles. The Bertz CT molecular complexity index is 753. The monoisotopic (exact) mass is 377 g/mol. The second-order valence-corrected chi connectivity index (χ2v) is 8.21. The van der Waals surface area contributed by atoms with Crippen LogP contribution in [-0.2, 0) is 13.1 Å². The fourth-order valence-corrected chi connectivity index (χ4v) is 4.34. The van der Waals surface area contributed by atoms with E-state index in [0.717, 1.165) is 38.2 Å². The third-order valence-corrected chi connectivity index (χ3v) is 5.93. The maximum Gasteiger partial charge on any atom is 0.251 e. The van der Waals surface area contributed by atoms with Crippen LogP contribution in [0.3, 0.4) is 0 Å². The lowest BCUT2D eigenvalue weighted by atomic mass is 10.1. The molecule has 1 atom stereocenters. The molecule has 0 aromatic heterocycles. The average molecular weight is 378 g/mol. The summed E-state index contributed by atoms with van der Waals surface area (Å²) in [5.41, 5.74) is 3.40. The first kappa shape index (κ1) is 19.2. The summed E-state index contributed by atoms with van der Waals surface area (Å²) in [6, 6.07) is 19.0. The van der Waals surface area contributed by atoms with Gasteiger partial charge < -0.3 is 5.32 Å². The molecular formula is C24H31N3O. The molecule has 2 aromatic rings. The van der Waals surface area contributed by atoms with E-state index in [1.54, 1.807) is 0 Å². The number of piperidine rings is 1. The van der Waals surface area contributed by atoms with Gasteiger partial charge in [-0.3, -0.25) is 14.6 Å². The molecule has 1 amide bonds. The summed E-state index contributed by atoms with van der Waals surface area (Å²) < 4.78 is 0. The van der Waals surface area contributed by atoms with Crippen molar-refractivity contribution in [1.29, 1.82) is 0 Å². The van der Waals surface area contributed by atoms with Gasteiger partial charge in [0.25, 0.3) is 5.91 Å². The highest BCUT2D eigenvalue weighted by molar-refractivity contribution is 5.94. The van der Waals surface area contributed by atoms with Crippen molar-refractivity contribution < 1.29 is 4.79 Å². The minimum atomic E-state index is 0.0519. The largest absolute Gasteiger partial charge is 0.348 e. The van der Waals surface area contributed by atoms with Crippen molar-refractivity contribution in [1.82, 2.24) is 15.1 Å². The molecule has 2 aliphatic heterocycles. The first-order valence-electron chi connectivity index (χ1n) is 10.6. The number of benzene rings is 2. The Kier molecular flexibility index (Phi) is 6.40. The van der Waals surface area contributed by atoms with E-state index in [0.29, 0.717) is 0 Å². The number of likely N-dealkylation sites (tertiary alicyclic amines) is 2. The SMILES string of the molecule is O=C(NC1CCN(Cc2ccccc2)C1)c1ccc(CN2CCCCC2)cc1. The first-order valence-corrected chi connectivity index (χ1v) is 10.6. The fraction of sp³-hybridized carbons (Fsp3) is 0.458. The van der Waals surface area contributed by atoms with E-state index in [4.69, 9.17) is 0 Å². The van der Waals surface area contributed by atoms with Gasteiger partial charge in [0.2, 0.25) is 0 Å². The molecule has 2 heterocycles. The molecule has 2 saturated heterocycles. The van der Waals surface area contributed by atoms with E-state index in [-0.39, 0.29) is 11.9 Å². The van der Waals surface area contributed by atoms with E-state index in [2.05, 4.69) is 51.5 Å². The second kappa shape index (κ2) is 9.35. The third-order valence-electron chi connectivity index (χ3n) is 5.93. The summed E-state index contributed by atoms with van der Waals surface area (Å²) in [6.45, 7) is 6.31. The summed E-state index contributed by atoms with van der Waals surface area (Å²) in [4.78, 5) is 17.6. The van der Waals surface area contributed by atoms with Crippen LogP contribution in [0, 0.1) is 0 Å². The topological polar surface area (TPSA) is 35.6 Å². The third kappa shape index (κ3) is 5.21. The van der Waals surface area contributed by atoms with Crippen molar-refractivity contribution in [3.63, 3.8) is 0 Å². The normalized spacial score (nSPS) is 20.9. The molecule has 0 aliphatic carbocycles. The second-order valence-electron chi connectivity index (χ2n) is 8.21. The smallest absolute Gasteiger partial charge is 0.251 e. The number of hydrogen-bond donors (Lipinski definition) is 1. The molecule has 4 rings (SSSR count). The number of carbonyl (C=O) groups excluding carboxylic acids is 1. The maximum absolute atomic E-state index is 12.6. The number of nitrogens with zero attached hydrogens (tertiary/aromatic N) is 2. The Morgan fingerprint density at radius 2 is 1.50 bits per heavy atom. The van der Waals surface area contributed by atoms with Crippen LogP contribution < -0.4 is 5.32 Å². The van der Waals surface area contributed by atoms with Gasteiger partial charge in [-0.05, 0) is 55.6 Å². The molecule has 0 radical (unpaired) electrons. The van der Waals surface area contributed by atoms with Gasteiger partial charge in [0.1, 0.15) is 0 Å². The predicted octanol–water partition coefficient (Wildman–Crippen LogP) is 3.68. The van der Waals surface area contributed by atoms with Crippen LogP contribution in [0.5, 0.6) is 0 Å². The van der Waals surface area contributed by atoms with Crippen LogP contribution in [0.25, 0.3) is 0 Å². The zero-order valence-corrected chi connectivity index (χ0v) is 16.6. The van der Waals surface area contributed by atoms with Crippen LogP contribution in [0.2, 0.25) is 0 Å². The molecule has 2 aliphatic rings. The Labute approximate surface area is 168 Å². The van der Waals surface area contributed by atoms with Crippen LogP contribution in [0.15, 0.2) is 54.6 Å². The van der Waals surface area contributed by atoms with Crippen molar-refractivity contribution in [3.8, 4) is 0 Å². The summed E-state index contributed by atoms with van der Waals surface area (Å²) >= 11 is 0. The number of nitrogens with one attached hydrogen (secondary N) is 1. The number of carbonyl (C=O) groups is 1. The standard InChI is InChI=1S/C24H31N3O/c28-24(22-11-9-21(10-12-22)17-26-14-5-2-6-15-26)25-23-13-16-27(19-23)18-20-7-3-1-4-8-20/h1,3-4,7-12,23H,2,5-6,13-19H2,(H,25,28). The van der Waals surface area contributed by atoms with E-state index in [1.165, 1.54) is 43.5 Å². The molecule has 0 spiro atoms. The summed E-state index contributed by atoms with van der Waals surface area (Å²) in [6.07, 6.45) is 5.00. The zero-order chi connectivity index (χ0) is 19.2. The van der Waals surface area contributed by atoms with E-state index in [9.17, 15) is 4.79 Å². The Morgan fingerprint density at radius 1 is 0.821 bits per heavy atom. The average Bonchev–Trinajstić information content (AvgIpc) is 3.17. The first-order chi connectivity index (χ1) is 13.8. The van der Waals surface area contributed by atoms with Crippen LogP contribution in [0.1, 0.15) is 47.2 Å². The molecule has 1 N–H and O–H groups in total. The lowest BCUT2D eigenvalue weighted by Crippen LogP contribution is -2.37. The van der Waals surface area contributed by atoms with Gasteiger partial charge >= 0.3 is 0 Å². The lowest BCUT2D eigenvalue weighted by Gasteiger charge is -2.26. The Hall–Kier alpha value is -2.17. The molecule has 0 bridgehead atoms.